The van der Waals surface area contributed by atoms with Crippen molar-refractivity contribution in [1.82, 2.24) is 4.90 Å². The van der Waals surface area contributed by atoms with Crippen LogP contribution in [0.3, 0.4) is 0 Å². The zero-order chi connectivity index (χ0) is 27.8. The molecular formula is C32H34N3O5+. The standard InChI is InChI=1S/C32H33N3O5/c1-3-39-32(38)20-11-15-35(16-12-20)14-6-13-33-24-18-26-29(34-23-17-19(2)9-10-25(23)40-26)28-27(24)30(36)21-7-4-5-8-22(21)31(28)37/h4-5,7-10,17-18,20,25,33H,3,6,11-16H2,1-2H3/p+1. The Morgan fingerprint density at radius 3 is 2.58 bits per heavy atom. The second-order valence-corrected chi connectivity index (χ2v) is 10.8. The number of esters is 1. The van der Waals surface area contributed by atoms with Gasteiger partial charge in [0.05, 0.1) is 23.8 Å². The quantitative estimate of drug-likeness (QED) is 0.351. The smallest absolute Gasteiger partial charge is 0.309 e. The summed E-state index contributed by atoms with van der Waals surface area (Å²) in [4.78, 5) is 45.4. The molecule has 1 unspecified atom stereocenters. The van der Waals surface area contributed by atoms with Crippen LogP contribution in [-0.4, -0.2) is 67.0 Å². The lowest BCUT2D eigenvalue weighted by Gasteiger charge is -2.30. The summed E-state index contributed by atoms with van der Waals surface area (Å²) in [7, 11) is 0. The van der Waals surface area contributed by atoms with Gasteiger partial charge in [0.2, 0.25) is 17.6 Å². The molecule has 1 fully saturated rings. The Kier molecular flexibility index (Phi) is 7.11. The third-order valence-electron chi connectivity index (χ3n) is 8.08. The number of hydrogen-bond donors (Lipinski definition) is 2. The van der Waals surface area contributed by atoms with E-state index in [1.54, 1.807) is 24.3 Å². The number of carbonyl (C=O) groups excluding carboxylic acids is 3. The number of ketones is 2. The molecule has 0 spiro atoms. The minimum Gasteiger partial charge on any atom is -0.468 e. The van der Waals surface area contributed by atoms with Crippen LogP contribution < -0.4 is 15.0 Å². The van der Waals surface area contributed by atoms with E-state index in [0.717, 1.165) is 50.2 Å². The van der Waals surface area contributed by atoms with Crippen molar-refractivity contribution in [3.8, 4) is 5.75 Å². The first-order chi connectivity index (χ1) is 19.4. The summed E-state index contributed by atoms with van der Waals surface area (Å²) < 4.78 is 11.5. The van der Waals surface area contributed by atoms with Crippen LogP contribution in [0.1, 0.15) is 65.0 Å². The van der Waals surface area contributed by atoms with Gasteiger partial charge in [-0.05, 0) is 64.4 Å². The maximum Gasteiger partial charge on any atom is 0.309 e. The summed E-state index contributed by atoms with van der Waals surface area (Å²) in [6.45, 7) is 7.50. The lowest BCUT2D eigenvalue weighted by Crippen LogP contribution is -2.72. The maximum absolute atomic E-state index is 13.8. The molecule has 2 aromatic rings. The fourth-order valence-electron chi connectivity index (χ4n) is 6.01. The van der Waals surface area contributed by atoms with Gasteiger partial charge in [-0.25, -0.2) is 4.99 Å². The first-order valence-electron chi connectivity index (χ1n) is 14.1. The molecule has 8 heteroatoms. The van der Waals surface area contributed by atoms with Crippen LogP contribution in [0.15, 0.2) is 54.1 Å². The molecule has 2 heterocycles. The first-order valence-corrected chi connectivity index (χ1v) is 14.1. The predicted molar refractivity (Wildman–Crippen MR) is 152 cm³/mol. The first kappa shape index (κ1) is 26.2. The zero-order valence-corrected chi connectivity index (χ0v) is 22.9. The minimum atomic E-state index is -0.277. The number of nitrogens with zero attached hydrogens (tertiary/aromatic N) is 1. The monoisotopic (exact) mass is 540 g/mol. The Morgan fingerprint density at radius 2 is 1.85 bits per heavy atom. The number of piperidine rings is 1. The average molecular weight is 541 g/mol. The summed E-state index contributed by atoms with van der Waals surface area (Å²) in [5.41, 5.74) is 4.66. The molecule has 0 amide bonds. The predicted octanol–water partition coefficient (Wildman–Crippen LogP) is 2.97. The third kappa shape index (κ3) is 4.77. The second-order valence-electron chi connectivity index (χ2n) is 10.8. The van der Waals surface area contributed by atoms with E-state index >= 15 is 0 Å². The van der Waals surface area contributed by atoms with E-state index in [9.17, 15) is 14.4 Å². The topological polar surface area (TPSA) is 98.9 Å². The number of likely N-dealkylation sites (tertiary alicyclic amines) is 1. The largest absolute Gasteiger partial charge is 0.468 e. The lowest BCUT2D eigenvalue weighted by molar-refractivity contribution is -0.362. The van der Waals surface area contributed by atoms with E-state index in [4.69, 9.17) is 9.47 Å². The van der Waals surface area contributed by atoms with E-state index in [1.807, 2.05) is 38.1 Å². The average Bonchev–Trinajstić information content (AvgIpc) is 2.97. The highest BCUT2D eigenvalue weighted by atomic mass is 16.5. The molecule has 0 bridgehead atoms. The highest BCUT2D eigenvalue weighted by Crippen LogP contribution is 2.41. The van der Waals surface area contributed by atoms with Crippen LogP contribution in [0.5, 0.6) is 5.75 Å². The molecule has 8 nitrogen and oxygen atoms in total. The van der Waals surface area contributed by atoms with Crippen LogP contribution >= 0.6 is 0 Å². The van der Waals surface area contributed by atoms with Crippen LogP contribution in [0.25, 0.3) is 0 Å². The number of anilines is 1. The van der Waals surface area contributed by atoms with Crippen molar-refractivity contribution in [1.29, 1.82) is 0 Å². The van der Waals surface area contributed by atoms with Crippen molar-refractivity contribution in [2.75, 3.05) is 38.1 Å². The number of allylic oxidation sites excluding steroid dienone is 2. The molecule has 40 heavy (non-hydrogen) atoms. The van der Waals surface area contributed by atoms with Gasteiger partial charge >= 0.3 is 5.97 Å². The van der Waals surface area contributed by atoms with Crippen LogP contribution in [0.2, 0.25) is 0 Å². The van der Waals surface area contributed by atoms with Crippen molar-refractivity contribution < 1.29 is 28.8 Å². The number of benzene rings is 2. The minimum absolute atomic E-state index is 0.00689. The van der Waals surface area contributed by atoms with Crippen molar-refractivity contribution >= 4 is 34.6 Å². The number of carbonyl (C=O) groups is 3. The third-order valence-corrected chi connectivity index (χ3v) is 8.08. The maximum atomic E-state index is 13.8. The van der Waals surface area contributed by atoms with Gasteiger partial charge in [-0.3, -0.25) is 14.4 Å². The molecule has 6 rings (SSSR count). The van der Waals surface area contributed by atoms with Gasteiger partial charge in [0.25, 0.3) is 5.69 Å². The second kappa shape index (κ2) is 10.8. The number of rotatable bonds is 7. The van der Waals surface area contributed by atoms with E-state index in [2.05, 4.69) is 15.2 Å². The summed E-state index contributed by atoms with van der Waals surface area (Å²) in [6.07, 6.45) is 8.20. The van der Waals surface area contributed by atoms with E-state index < -0.39 is 0 Å². The molecule has 1 atom stereocenters. The lowest BCUT2D eigenvalue weighted by atomic mass is 9.81. The molecular weight excluding hydrogens is 506 g/mol. The molecule has 4 aliphatic rings. The normalized spacial score (nSPS) is 19.9. The van der Waals surface area contributed by atoms with Gasteiger partial charge in [0.1, 0.15) is 5.56 Å². The van der Waals surface area contributed by atoms with Gasteiger partial charge < -0.3 is 19.7 Å². The SMILES string of the molecule is CCOC(=O)C1CCN(CCCNc2cc3c(c4c2C(=O)c2ccccc2C4=O)[NH+]=C2C=C(C)C=CC2O3)CC1. The van der Waals surface area contributed by atoms with Crippen molar-refractivity contribution in [3.63, 3.8) is 0 Å². The fourth-order valence-corrected chi connectivity index (χ4v) is 6.01. The summed E-state index contributed by atoms with van der Waals surface area (Å²) in [6, 6.07) is 8.85. The number of fused-ring (bicyclic) bond motifs is 5. The Morgan fingerprint density at radius 1 is 1.12 bits per heavy atom. The molecule has 2 N–H and O–H groups in total. The Balaban J connectivity index is 1.23. The van der Waals surface area contributed by atoms with E-state index in [-0.39, 0.29) is 29.6 Å². The highest BCUT2D eigenvalue weighted by molar-refractivity contribution is 6.32. The summed E-state index contributed by atoms with van der Waals surface area (Å²) in [5, 5.41) is 3.45. The summed E-state index contributed by atoms with van der Waals surface area (Å²) in [5.74, 6) is 0.109. The molecule has 206 valence electrons. The molecule has 0 radical (unpaired) electrons. The Bertz CT molecular complexity index is 1480. The van der Waals surface area contributed by atoms with Crippen molar-refractivity contribution in [3.05, 3.63) is 76.4 Å². The molecule has 2 aromatic carbocycles. The Labute approximate surface area is 233 Å². The van der Waals surface area contributed by atoms with E-state index in [1.165, 1.54) is 0 Å². The van der Waals surface area contributed by atoms with E-state index in [0.29, 0.717) is 52.5 Å². The summed E-state index contributed by atoms with van der Waals surface area (Å²) >= 11 is 0. The van der Waals surface area contributed by atoms with Crippen LogP contribution in [0, 0.1) is 5.92 Å². The zero-order valence-electron chi connectivity index (χ0n) is 22.9. The molecule has 2 aliphatic carbocycles. The fraction of sp³-hybridized carbons (Fsp3) is 0.375. The Hall–Kier alpha value is -4.04. The van der Waals surface area contributed by atoms with Gasteiger partial charge in [-0.2, -0.15) is 0 Å². The molecule has 1 saturated heterocycles. The van der Waals surface area contributed by atoms with Crippen LogP contribution in [0.4, 0.5) is 11.4 Å². The number of ether oxygens (including phenoxy) is 2. The van der Waals surface area contributed by atoms with Gasteiger partial charge in [0.15, 0.2) is 11.5 Å². The van der Waals surface area contributed by atoms with Crippen LogP contribution in [-0.2, 0) is 9.53 Å². The van der Waals surface area contributed by atoms with Gasteiger partial charge in [0, 0.05) is 29.8 Å². The molecule has 2 aliphatic heterocycles. The van der Waals surface area contributed by atoms with Gasteiger partial charge in [-0.15, -0.1) is 0 Å². The molecule has 0 aromatic heterocycles. The molecule has 0 saturated carbocycles. The number of nitrogens with one attached hydrogen (secondary N) is 2. The van der Waals surface area contributed by atoms with Crippen molar-refractivity contribution in [2.24, 2.45) is 5.92 Å². The number of hydrogen-bond acceptors (Lipinski definition) is 7. The van der Waals surface area contributed by atoms with Crippen molar-refractivity contribution in [2.45, 2.75) is 39.2 Å². The highest BCUT2D eigenvalue weighted by Gasteiger charge is 2.41. The van der Waals surface area contributed by atoms with Gasteiger partial charge in [-0.1, -0.05) is 30.3 Å².